The van der Waals surface area contributed by atoms with Gasteiger partial charge in [0.25, 0.3) is 5.60 Å². The lowest BCUT2D eigenvalue weighted by atomic mass is 9.92. The van der Waals surface area contributed by atoms with Crippen molar-refractivity contribution in [2.45, 2.75) is 50.6 Å². The van der Waals surface area contributed by atoms with Crippen LogP contribution in [0.25, 0.3) is 0 Å². The normalized spacial score (nSPS) is 12.5. The third-order valence-electron chi connectivity index (χ3n) is 4.91. The van der Waals surface area contributed by atoms with Gasteiger partial charge in [-0.3, -0.25) is 9.69 Å². The number of nitrogens with zero attached hydrogens (tertiary/aromatic N) is 2. The lowest BCUT2D eigenvalue weighted by Gasteiger charge is -2.33. The van der Waals surface area contributed by atoms with Crippen molar-refractivity contribution in [3.63, 3.8) is 0 Å². The molecule has 1 aromatic rings. The molecule has 0 aliphatic heterocycles. The molecule has 0 bridgehead atoms. The highest BCUT2D eigenvalue weighted by molar-refractivity contribution is 5.92. The molecule has 0 spiro atoms. The summed E-state index contributed by atoms with van der Waals surface area (Å²) >= 11 is 0. The zero-order chi connectivity index (χ0) is 25.4. The fourth-order valence-electron chi connectivity index (χ4n) is 3.07. The Morgan fingerprint density at radius 1 is 0.909 bits per heavy atom. The number of carboxylic acids is 1. The number of hydrogen-bond acceptors (Lipinski definition) is 4. The smallest absolute Gasteiger partial charge is 0.430 e. The Bertz CT molecular complexity index is 769. The second kappa shape index (κ2) is 11.5. The molecule has 0 radical (unpaired) electrons. The van der Waals surface area contributed by atoms with E-state index in [2.05, 4.69) is 0 Å². The minimum absolute atomic E-state index is 0.0218. The summed E-state index contributed by atoms with van der Waals surface area (Å²) in [6, 6.07) is 1.89. The molecule has 33 heavy (non-hydrogen) atoms. The quantitative estimate of drug-likeness (QED) is 0.324. The predicted molar refractivity (Wildman–Crippen MR) is 106 cm³/mol. The van der Waals surface area contributed by atoms with Gasteiger partial charge in [-0.1, -0.05) is 12.1 Å². The molecule has 0 unspecified atom stereocenters. The van der Waals surface area contributed by atoms with Gasteiger partial charge in [-0.15, -0.1) is 0 Å². The number of aliphatic hydroxyl groups is 2. The molecule has 2 amide bonds. The van der Waals surface area contributed by atoms with E-state index in [4.69, 9.17) is 10.2 Å². The van der Waals surface area contributed by atoms with E-state index >= 15 is 0 Å². The number of benzene rings is 1. The maximum absolute atomic E-state index is 13.1. The van der Waals surface area contributed by atoms with Gasteiger partial charge in [0.15, 0.2) is 0 Å². The van der Waals surface area contributed by atoms with Gasteiger partial charge in [0.2, 0.25) is 0 Å². The van der Waals surface area contributed by atoms with Crippen molar-refractivity contribution in [2.75, 3.05) is 31.1 Å². The Morgan fingerprint density at radius 3 is 1.88 bits per heavy atom. The van der Waals surface area contributed by atoms with Crippen molar-refractivity contribution < 1.29 is 51.3 Å². The molecular formula is C20H26F6N2O5. The van der Waals surface area contributed by atoms with Gasteiger partial charge in [0, 0.05) is 43.9 Å². The number of carbonyl (C=O) groups is 2. The first-order chi connectivity index (χ1) is 15.2. The molecule has 0 aromatic heterocycles. The number of aliphatic hydroxyl groups excluding tert-OH is 1. The van der Waals surface area contributed by atoms with Crippen molar-refractivity contribution in [3.8, 4) is 0 Å². The first kappa shape index (κ1) is 28.5. The third-order valence-corrected chi connectivity index (χ3v) is 4.91. The Morgan fingerprint density at radius 2 is 1.45 bits per heavy atom. The van der Waals surface area contributed by atoms with Crippen LogP contribution < -0.4 is 4.90 Å². The highest BCUT2D eigenvalue weighted by Crippen LogP contribution is 2.50. The first-order valence-electron chi connectivity index (χ1n) is 10.1. The van der Waals surface area contributed by atoms with E-state index in [9.17, 15) is 41.0 Å². The van der Waals surface area contributed by atoms with E-state index in [1.165, 1.54) is 4.90 Å². The summed E-state index contributed by atoms with van der Waals surface area (Å²) in [4.78, 5) is 26.2. The van der Waals surface area contributed by atoms with Crippen molar-refractivity contribution in [2.24, 2.45) is 0 Å². The number of carboxylic acid groups (broad SMARTS) is 1. The fraction of sp³-hybridized carbons (Fsp3) is 0.600. The zero-order valence-electron chi connectivity index (χ0n) is 17.8. The Labute approximate surface area is 186 Å². The molecule has 0 saturated heterocycles. The summed E-state index contributed by atoms with van der Waals surface area (Å²) in [6.07, 6.45) is -11.6. The van der Waals surface area contributed by atoms with Crippen molar-refractivity contribution in [1.82, 2.24) is 4.90 Å². The number of rotatable bonds is 11. The van der Waals surface area contributed by atoms with Crippen LogP contribution in [-0.4, -0.2) is 70.8 Å². The summed E-state index contributed by atoms with van der Waals surface area (Å²) < 4.78 is 78.6. The number of urea groups is 1. The largest absolute Gasteiger partial charge is 0.481 e. The number of carbonyl (C=O) groups excluding carboxylic acids is 1. The van der Waals surface area contributed by atoms with E-state index in [1.54, 1.807) is 6.92 Å². The molecule has 0 aliphatic rings. The van der Waals surface area contributed by atoms with Crippen LogP contribution in [0.2, 0.25) is 0 Å². The topological polar surface area (TPSA) is 101 Å². The van der Waals surface area contributed by atoms with Crippen LogP contribution in [0.5, 0.6) is 0 Å². The maximum Gasteiger partial charge on any atom is 0.430 e. The van der Waals surface area contributed by atoms with Crippen LogP contribution in [0.3, 0.4) is 0 Å². The van der Waals surface area contributed by atoms with Gasteiger partial charge in [-0.2, -0.15) is 26.3 Å². The van der Waals surface area contributed by atoms with Crippen LogP contribution in [0.4, 0.5) is 36.8 Å². The van der Waals surface area contributed by atoms with Gasteiger partial charge in [-0.05, 0) is 38.3 Å². The van der Waals surface area contributed by atoms with Crippen molar-refractivity contribution in [3.05, 3.63) is 29.8 Å². The average molecular weight is 488 g/mol. The molecule has 0 atom stereocenters. The van der Waals surface area contributed by atoms with Crippen LogP contribution in [-0.2, 0) is 10.4 Å². The SMILES string of the molecule is CCN(CCCCO)C(=O)N(CCCC(=O)O)c1ccc(C(O)(C(F)(F)F)C(F)(F)F)cc1. The zero-order valence-corrected chi connectivity index (χ0v) is 17.8. The third kappa shape index (κ3) is 6.97. The Balaban J connectivity index is 3.31. The van der Waals surface area contributed by atoms with Crippen molar-refractivity contribution >= 4 is 17.7 Å². The summed E-state index contributed by atoms with van der Waals surface area (Å²) in [5.74, 6) is -1.14. The summed E-state index contributed by atoms with van der Waals surface area (Å²) in [5, 5.41) is 27.3. The molecule has 188 valence electrons. The van der Waals surface area contributed by atoms with Crippen LogP contribution in [0.1, 0.15) is 38.2 Å². The molecule has 3 N–H and O–H groups in total. The molecule has 0 fully saturated rings. The van der Waals surface area contributed by atoms with Gasteiger partial charge in [-0.25, -0.2) is 4.79 Å². The maximum atomic E-state index is 13.1. The van der Waals surface area contributed by atoms with E-state index < -0.39 is 35.5 Å². The van der Waals surface area contributed by atoms with E-state index in [-0.39, 0.29) is 44.8 Å². The summed E-state index contributed by atoms with van der Waals surface area (Å²) in [7, 11) is 0. The number of aliphatic carboxylic acids is 1. The second-order valence-electron chi connectivity index (χ2n) is 7.19. The molecule has 0 saturated carbocycles. The molecule has 1 rings (SSSR count). The van der Waals surface area contributed by atoms with Crippen molar-refractivity contribution in [1.29, 1.82) is 0 Å². The minimum atomic E-state index is -6.05. The monoisotopic (exact) mass is 488 g/mol. The Kier molecular flexibility index (Phi) is 9.97. The molecular weight excluding hydrogens is 462 g/mol. The van der Waals surface area contributed by atoms with E-state index in [0.717, 1.165) is 17.0 Å². The van der Waals surface area contributed by atoms with Gasteiger partial charge in [0.1, 0.15) is 0 Å². The number of halogens is 6. The number of alkyl halides is 6. The fourth-order valence-corrected chi connectivity index (χ4v) is 3.07. The highest BCUT2D eigenvalue weighted by Gasteiger charge is 2.71. The molecule has 13 heteroatoms. The van der Waals surface area contributed by atoms with E-state index in [1.807, 2.05) is 0 Å². The summed E-state index contributed by atoms with van der Waals surface area (Å²) in [6.45, 7) is 1.84. The van der Waals surface area contributed by atoms with Gasteiger partial charge < -0.3 is 20.2 Å². The number of amides is 2. The Hall–Kier alpha value is -2.54. The molecule has 7 nitrogen and oxygen atoms in total. The molecule has 0 aliphatic carbocycles. The van der Waals surface area contributed by atoms with Crippen LogP contribution in [0.15, 0.2) is 24.3 Å². The number of anilines is 1. The number of unbranched alkanes of at least 4 members (excludes halogenated alkanes) is 1. The van der Waals surface area contributed by atoms with Crippen LogP contribution in [0, 0.1) is 0 Å². The van der Waals surface area contributed by atoms with Crippen LogP contribution >= 0.6 is 0 Å². The highest BCUT2D eigenvalue weighted by atomic mass is 19.4. The molecule has 0 heterocycles. The number of hydrogen-bond donors (Lipinski definition) is 3. The summed E-state index contributed by atoms with van der Waals surface area (Å²) in [5.41, 5.74) is -6.64. The lowest BCUT2D eigenvalue weighted by molar-refractivity contribution is -0.376. The predicted octanol–water partition coefficient (Wildman–Crippen LogP) is 3.88. The minimum Gasteiger partial charge on any atom is -0.481 e. The van der Waals surface area contributed by atoms with Gasteiger partial charge >= 0.3 is 24.4 Å². The lowest BCUT2D eigenvalue weighted by Crippen LogP contribution is -2.53. The van der Waals surface area contributed by atoms with Gasteiger partial charge in [0.05, 0.1) is 0 Å². The molecule has 1 aromatic carbocycles. The standard InChI is InChI=1S/C20H26F6N2O5/c1-2-27(11-3-4-13-29)17(32)28(12-5-6-16(30)31)15-9-7-14(8-10-15)18(33,19(21,22)23)20(24,25)26/h7-10,29,33H,2-6,11-13H2,1H3,(H,30,31). The average Bonchev–Trinajstić information content (AvgIpc) is 2.72. The second-order valence-corrected chi connectivity index (χ2v) is 7.19. The van der Waals surface area contributed by atoms with E-state index in [0.29, 0.717) is 25.0 Å². The first-order valence-corrected chi connectivity index (χ1v) is 10.1.